The average molecular weight is 283 g/mol. The Bertz CT molecular complexity index is 647. The first-order chi connectivity index (χ1) is 7.81. The van der Waals surface area contributed by atoms with Crippen molar-refractivity contribution < 1.29 is 25.8 Å². The zero-order chi connectivity index (χ0) is 12.7. The van der Waals surface area contributed by atoms with Crippen LogP contribution < -0.4 is 4.18 Å². The standard InChI is InChI=1S/C8H4F3NO3S2/c9-8(10,11)17(13,14)15-6-1-3-12-7-5(6)2-4-16-7/h1-4H. The Morgan fingerprint density at radius 1 is 1.29 bits per heavy atom. The molecule has 0 aliphatic carbocycles. The molecule has 0 fully saturated rings. The molecule has 0 amide bonds. The molecule has 0 unspecified atom stereocenters. The molecule has 92 valence electrons. The molecule has 0 aliphatic rings. The predicted molar refractivity (Wildman–Crippen MR) is 55.2 cm³/mol. The van der Waals surface area contributed by atoms with Crippen LogP contribution in [0.25, 0.3) is 10.2 Å². The van der Waals surface area contributed by atoms with Crippen molar-refractivity contribution in [2.24, 2.45) is 0 Å². The maximum atomic E-state index is 12.1. The van der Waals surface area contributed by atoms with Gasteiger partial charge in [-0.2, -0.15) is 21.6 Å². The minimum Gasteiger partial charge on any atom is -0.375 e. The molecule has 0 aliphatic heterocycles. The average Bonchev–Trinajstić information content (AvgIpc) is 2.64. The minimum absolute atomic E-state index is 0.227. The Morgan fingerprint density at radius 3 is 2.65 bits per heavy atom. The van der Waals surface area contributed by atoms with Crippen molar-refractivity contribution >= 4 is 31.7 Å². The van der Waals surface area contributed by atoms with E-state index >= 15 is 0 Å². The molecule has 0 aromatic carbocycles. The molecule has 0 radical (unpaired) electrons. The monoisotopic (exact) mass is 283 g/mol. The molecule has 0 spiro atoms. The van der Waals surface area contributed by atoms with Gasteiger partial charge in [0.05, 0.1) is 5.39 Å². The number of hydrogen-bond acceptors (Lipinski definition) is 5. The summed E-state index contributed by atoms with van der Waals surface area (Å²) in [4.78, 5) is 4.26. The van der Waals surface area contributed by atoms with Crippen LogP contribution >= 0.6 is 11.3 Å². The smallest absolute Gasteiger partial charge is 0.375 e. The molecule has 2 heterocycles. The van der Waals surface area contributed by atoms with Gasteiger partial charge in [0.15, 0.2) is 5.75 Å². The van der Waals surface area contributed by atoms with Crippen molar-refractivity contribution in [3.63, 3.8) is 0 Å². The Hall–Kier alpha value is -1.35. The topological polar surface area (TPSA) is 56.3 Å². The van der Waals surface area contributed by atoms with Crippen LogP contribution in [0.5, 0.6) is 5.75 Å². The van der Waals surface area contributed by atoms with Crippen molar-refractivity contribution in [1.29, 1.82) is 0 Å². The maximum Gasteiger partial charge on any atom is 0.534 e. The van der Waals surface area contributed by atoms with Crippen LogP contribution in [0.3, 0.4) is 0 Å². The summed E-state index contributed by atoms with van der Waals surface area (Å²) in [6.07, 6.45) is 1.18. The van der Waals surface area contributed by atoms with Crippen LogP contribution in [0.15, 0.2) is 23.7 Å². The minimum atomic E-state index is -5.64. The van der Waals surface area contributed by atoms with Gasteiger partial charge in [-0.05, 0) is 11.4 Å². The third-order valence-electron chi connectivity index (χ3n) is 1.81. The summed E-state index contributed by atoms with van der Waals surface area (Å²) in [6, 6.07) is 2.51. The quantitative estimate of drug-likeness (QED) is 0.627. The van der Waals surface area contributed by atoms with E-state index in [-0.39, 0.29) is 11.1 Å². The second kappa shape index (κ2) is 3.84. The molecule has 2 aromatic heterocycles. The van der Waals surface area contributed by atoms with Crippen LogP contribution in [0, 0.1) is 0 Å². The maximum absolute atomic E-state index is 12.1. The Labute approximate surface area is 97.8 Å². The molecule has 0 saturated carbocycles. The molecule has 0 atom stereocenters. The number of pyridine rings is 1. The number of rotatable bonds is 2. The van der Waals surface area contributed by atoms with Crippen molar-refractivity contribution in [3.05, 3.63) is 23.7 Å². The number of hydrogen-bond donors (Lipinski definition) is 0. The lowest BCUT2D eigenvalue weighted by molar-refractivity contribution is -0.0499. The molecule has 17 heavy (non-hydrogen) atoms. The number of halogens is 3. The number of alkyl halides is 3. The number of thiophene rings is 1. The zero-order valence-electron chi connectivity index (χ0n) is 7.93. The lowest BCUT2D eigenvalue weighted by Gasteiger charge is -2.09. The van der Waals surface area contributed by atoms with E-state index in [2.05, 4.69) is 9.17 Å². The van der Waals surface area contributed by atoms with Crippen molar-refractivity contribution in [3.8, 4) is 5.75 Å². The molecule has 0 saturated heterocycles. The van der Waals surface area contributed by atoms with E-state index in [1.807, 2.05) is 0 Å². The number of fused-ring (bicyclic) bond motifs is 1. The van der Waals surface area contributed by atoms with Gasteiger partial charge in [0.1, 0.15) is 4.83 Å². The third-order valence-corrected chi connectivity index (χ3v) is 3.60. The highest BCUT2D eigenvalue weighted by Gasteiger charge is 2.48. The van der Waals surface area contributed by atoms with Crippen LogP contribution in [0.2, 0.25) is 0 Å². The highest BCUT2D eigenvalue weighted by atomic mass is 32.2. The molecule has 0 bridgehead atoms. The summed E-state index contributed by atoms with van der Waals surface area (Å²) >= 11 is 1.17. The van der Waals surface area contributed by atoms with E-state index in [0.29, 0.717) is 4.83 Å². The first kappa shape index (κ1) is 12.1. The second-order valence-electron chi connectivity index (χ2n) is 2.93. The third kappa shape index (κ3) is 2.20. The fourth-order valence-corrected chi connectivity index (χ4v) is 2.32. The van der Waals surface area contributed by atoms with Gasteiger partial charge in [0.25, 0.3) is 0 Å². The van der Waals surface area contributed by atoms with Gasteiger partial charge in [0.2, 0.25) is 0 Å². The van der Waals surface area contributed by atoms with Crippen LogP contribution in [0.1, 0.15) is 0 Å². The van der Waals surface area contributed by atoms with Crippen LogP contribution in [-0.4, -0.2) is 18.9 Å². The summed E-state index contributed by atoms with van der Waals surface area (Å²) in [7, 11) is -5.64. The summed E-state index contributed by atoms with van der Waals surface area (Å²) in [6.45, 7) is 0. The van der Waals surface area contributed by atoms with Crippen molar-refractivity contribution in [2.45, 2.75) is 5.51 Å². The SMILES string of the molecule is O=S(=O)(Oc1ccnc2sccc12)C(F)(F)F. The van der Waals surface area contributed by atoms with E-state index < -0.39 is 15.6 Å². The lowest BCUT2D eigenvalue weighted by Crippen LogP contribution is -2.28. The normalized spacial score (nSPS) is 12.9. The van der Waals surface area contributed by atoms with Crippen LogP contribution in [-0.2, 0) is 10.1 Å². The Morgan fingerprint density at radius 2 is 2.00 bits per heavy atom. The Balaban J connectivity index is 2.47. The van der Waals surface area contributed by atoms with Gasteiger partial charge < -0.3 is 4.18 Å². The van der Waals surface area contributed by atoms with Crippen molar-refractivity contribution in [1.82, 2.24) is 4.98 Å². The van der Waals surface area contributed by atoms with Crippen molar-refractivity contribution in [2.75, 3.05) is 0 Å². The summed E-state index contributed by atoms with van der Waals surface area (Å²) < 4.78 is 62.1. The van der Waals surface area contributed by atoms with Gasteiger partial charge in [-0.25, -0.2) is 4.98 Å². The molecule has 9 heteroatoms. The second-order valence-corrected chi connectivity index (χ2v) is 5.36. The number of nitrogens with zero attached hydrogens (tertiary/aromatic N) is 1. The molecule has 4 nitrogen and oxygen atoms in total. The van der Waals surface area contributed by atoms with E-state index in [9.17, 15) is 21.6 Å². The predicted octanol–water partition coefficient (Wildman–Crippen LogP) is 2.52. The van der Waals surface area contributed by atoms with Crippen LogP contribution in [0.4, 0.5) is 13.2 Å². The highest BCUT2D eigenvalue weighted by Crippen LogP contribution is 2.32. The first-order valence-electron chi connectivity index (χ1n) is 4.14. The van der Waals surface area contributed by atoms with Gasteiger partial charge in [0, 0.05) is 12.3 Å². The molecular formula is C8H4F3NO3S2. The van der Waals surface area contributed by atoms with Gasteiger partial charge in [-0.3, -0.25) is 0 Å². The van der Waals surface area contributed by atoms with E-state index in [0.717, 1.165) is 6.07 Å². The number of aromatic nitrogens is 1. The molecule has 0 N–H and O–H groups in total. The van der Waals surface area contributed by atoms with Gasteiger partial charge in [-0.15, -0.1) is 11.3 Å². The fraction of sp³-hybridized carbons (Fsp3) is 0.125. The summed E-state index contributed by atoms with van der Waals surface area (Å²) in [5, 5.41) is 1.80. The van der Waals surface area contributed by atoms with E-state index in [4.69, 9.17) is 0 Å². The largest absolute Gasteiger partial charge is 0.534 e. The highest BCUT2D eigenvalue weighted by molar-refractivity contribution is 7.88. The zero-order valence-corrected chi connectivity index (χ0v) is 9.56. The van der Waals surface area contributed by atoms with E-state index in [1.165, 1.54) is 23.6 Å². The lowest BCUT2D eigenvalue weighted by atomic mass is 10.3. The molecular weight excluding hydrogens is 279 g/mol. The Kier molecular flexibility index (Phi) is 2.74. The summed E-state index contributed by atoms with van der Waals surface area (Å²) in [5.74, 6) is -0.381. The fourth-order valence-electron chi connectivity index (χ4n) is 1.09. The van der Waals surface area contributed by atoms with Gasteiger partial charge >= 0.3 is 15.6 Å². The van der Waals surface area contributed by atoms with E-state index in [1.54, 1.807) is 5.38 Å². The first-order valence-corrected chi connectivity index (χ1v) is 6.43. The molecule has 2 aromatic rings. The van der Waals surface area contributed by atoms with Gasteiger partial charge in [-0.1, -0.05) is 0 Å². The molecule has 2 rings (SSSR count). The summed E-state index contributed by atoms with van der Waals surface area (Å²) in [5.41, 5.74) is -5.45.